The van der Waals surface area contributed by atoms with Crippen molar-refractivity contribution in [3.05, 3.63) is 47.5 Å². The summed E-state index contributed by atoms with van der Waals surface area (Å²) in [6, 6.07) is 12.4. The zero-order valence-corrected chi connectivity index (χ0v) is 13.5. The zero-order chi connectivity index (χ0) is 15.7. The van der Waals surface area contributed by atoms with Crippen LogP contribution in [0.3, 0.4) is 0 Å². The third-order valence-electron chi connectivity index (χ3n) is 3.85. The van der Waals surface area contributed by atoms with E-state index in [0.717, 1.165) is 28.3 Å². The van der Waals surface area contributed by atoms with Gasteiger partial charge in [-0.3, -0.25) is 0 Å². The molecule has 0 N–H and O–H groups in total. The normalized spacial score (nSPS) is 13.0. The lowest BCUT2D eigenvalue weighted by atomic mass is 10.1. The van der Waals surface area contributed by atoms with Crippen LogP contribution in [0.2, 0.25) is 0 Å². The second-order valence-electron chi connectivity index (χ2n) is 5.65. The summed E-state index contributed by atoms with van der Waals surface area (Å²) in [5, 5.41) is 0. The van der Waals surface area contributed by atoms with Crippen molar-refractivity contribution in [3.8, 4) is 11.5 Å². The molecule has 0 aliphatic carbocycles. The Bertz CT molecular complexity index is 719. The summed E-state index contributed by atoms with van der Waals surface area (Å²) in [4.78, 5) is 2.09. The number of anilines is 1. The number of ether oxygens (including phenoxy) is 2. The van der Waals surface area contributed by atoms with Gasteiger partial charge in [-0.1, -0.05) is 0 Å². The molecule has 0 bridgehead atoms. The van der Waals surface area contributed by atoms with E-state index in [9.17, 15) is 0 Å². The van der Waals surface area contributed by atoms with E-state index in [1.807, 2.05) is 33.2 Å². The highest BCUT2D eigenvalue weighted by Crippen LogP contribution is 2.31. The van der Waals surface area contributed by atoms with Crippen LogP contribution < -0.4 is 14.4 Å². The van der Waals surface area contributed by atoms with Gasteiger partial charge >= 0.3 is 0 Å². The van der Waals surface area contributed by atoms with Gasteiger partial charge in [0, 0.05) is 31.9 Å². The van der Waals surface area contributed by atoms with Crippen LogP contribution in [0.5, 0.6) is 11.5 Å². The molecule has 1 aliphatic heterocycles. The van der Waals surface area contributed by atoms with Gasteiger partial charge < -0.3 is 14.4 Å². The average Bonchev–Trinajstić information content (AvgIpc) is 2.54. The van der Waals surface area contributed by atoms with Gasteiger partial charge in [0.25, 0.3) is 6.73 Å². The van der Waals surface area contributed by atoms with E-state index in [1.54, 1.807) is 7.11 Å². The molecule has 4 heteroatoms. The van der Waals surface area contributed by atoms with Gasteiger partial charge in [0.2, 0.25) is 5.69 Å². The van der Waals surface area contributed by atoms with E-state index in [4.69, 9.17) is 9.47 Å². The third kappa shape index (κ3) is 2.64. The highest BCUT2D eigenvalue weighted by molar-refractivity contribution is 5.83. The maximum absolute atomic E-state index is 5.93. The Hall–Kier alpha value is -2.49. The quantitative estimate of drug-likeness (QED) is 0.813. The second kappa shape index (κ2) is 5.72. The van der Waals surface area contributed by atoms with Gasteiger partial charge in [-0.15, -0.1) is 0 Å². The number of hydrogen-bond donors (Lipinski definition) is 0. The predicted molar refractivity (Wildman–Crippen MR) is 89.1 cm³/mol. The molecule has 0 saturated heterocycles. The Labute approximate surface area is 131 Å². The molecular weight excluding hydrogens is 276 g/mol. The number of hydrogen-bond acceptors (Lipinski definition) is 3. The first kappa shape index (κ1) is 14.4. The molecule has 2 aromatic rings. The van der Waals surface area contributed by atoms with Crippen LogP contribution in [0, 0.1) is 6.92 Å². The topological polar surface area (TPSA) is 24.7 Å². The Morgan fingerprint density at radius 2 is 1.86 bits per heavy atom. The number of aryl methyl sites for hydroxylation is 1. The fraction of sp³-hybridized carbons (Fsp3) is 0.278. The average molecular weight is 297 g/mol. The molecule has 1 aliphatic rings. The highest BCUT2D eigenvalue weighted by Gasteiger charge is 2.21. The van der Waals surface area contributed by atoms with Gasteiger partial charge in [0.05, 0.1) is 12.7 Å². The van der Waals surface area contributed by atoms with Crippen molar-refractivity contribution in [2.24, 2.45) is 0 Å². The predicted octanol–water partition coefficient (Wildman–Crippen LogP) is 3.18. The molecule has 3 rings (SSSR count). The lowest BCUT2D eigenvalue weighted by Crippen LogP contribution is -2.21. The molecule has 0 saturated carbocycles. The molecule has 0 aromatic heterocycles. The van der Waals surface area contributed by atoms with E-state index in [1.165, 1.54) is 5.69 Å². The molecule has 1 heterocycles. The molecule has 0 unspecified atom stereocenters. The summed E-state index contributed by atoms with van der Waals surface area (Å²) in [5.74, 6) is 1.78. The summed E-state index contributed by atoms with van der Waals surface area (Å²) in [6.45, 7) is 2.55. The lowest BCUT2D eigenvalue weighted by Gasteiger charge is -2.17. The Kier molecular flexibility index (Phi) is 3.75. The molecular formula is C18H21N2O2+. The van der Waals surface area contributed by atoms with Crippen LogP contribution >= 0.6 is 0 Å². The maximum Gasteiger partial charge on any atom is 0.292 e. The standard InChI is InChI=1S/C18H21N2O2/c1-13-9-17(21-4)10-14-11-20(12-22-18(13)14)16-7-5-15(6-8-16)19(2)3/h5-11H,12H2,1-4H3/q+1. The number of rotatable bonds is 3. The van der Waals surface area contributed by atoms with Crippen molar-refractivity contribution in [1.82, 2.24) is 0 Å². The van der Waals surface area contributed by atoms with Crippen molar-refractivity contribution in [3.63, 3.8) is 0 Å². The molecule has 22 heavy (non-hydrogen) atoms. The zero-order valence-electron chi connectivity index (χ0n) is 13.5. The molecule has 4 nitrogen and oxygen atoms in total. The van der Waals surface area contributed by atoms with E-state index in [-0.39, 0.29) is 0 Å². The number of benzene rings is 2. The van der Waals surface area contributed by atoms with Crippen LogP contribution in [-0.2, 0) is 0 Å². The molecule has 0 radical (unpaired) electrons. The molecule has 0 spiro atoms. The van der Waals surface area contributed by atoms with Gasteiger partial charge in [0.1, 0.15) is 11.5 Å². The SMILES string of the molecule is COc1cc(C)c2c(c1)C=[N+](c1ccc(N(C)C)cc1)CO2. The summed E-state index contributed by atoms with van der Waals surface area (Å²) in [5.41, 5.74) is 4.42. The van der Waals surface area contributed by atoms with Crippen LogP contribution in [0.15, 0.2) is 36.4 Å². The van der Waals surface area contributed by atoms with Crippen LogP contribution in [0.4, 0.5) is 11.4 Å². The molecule has 0 atom stereocenters. The van der Waals surface area contributed by atoms with Crippen molar-refractivity contribution < 1.29 is 14.0 Å². The molecule has 114 valence electrons. The fourth-order valence-electron chi connectivity index (χ4n) is 2.61. The molecule has 0 fully saturated rings. The van der Waals surface area contributed by atoms with Crippen LogP contribution in [-0.4, -0.2) is 38.7 Å². The van der Waals surface area contributed by atoms with Crippen molar-refractivity contribution in [1.29, 1.82) is 0 Å². The van der Waals surface area contributed by atoms with Crippen LogP contribution in [0.25, 0.3) is 0 Å². The molecule has 2 aromatic carbocycles. The first-order valence-corrected chi connectivity index (χ1v) is 7.29. The fourth-order valence-corrected chi connectivity index (χ4v) is 2.61. The van der Waals surface area contributed by atoms with E-state index in [2.05, 4.69) is 40.0 Å². The van der Waals surface area contributed by atoms with Gasteiger partial charge in [-0.05, 0) is 36.8 Å². The van der Waals surface area contributed by atoms with Crippen LogP contribution in [0.1, 0.15) is 11.1 Å². The highest BCUT2D eigenvalue weighted by atomic mass is 16.5. The first-order chi connectivity index (χ1) is 10.6. The number of fused-ring (bicyclic) bond motifs is 1. The smallest absolute Gasteiger partial charge is 0.292 e. The summed E-state index contributed by atoms with van der Waals surface area (Å²) >= 11 is 0. The number of methoxy groups -OCH3 is 1. The largest absolute Gasteiger partial charge is 0.497 e. The van der Waals surface area contributed by atoms with Crippen molar-refractivity contribution >= 4 is 17.6 Å². The van der Waals surface area contributed by atoms with Gasteiger partial charge in [-0.2, -0.15) is 4.58 Å². The number of nitrogens with zero attached hydrogens (tertiary/aromatic N) is 2. The van der Waals surface area contributed by atoms with Crippen molar-refractivity contribution in [2.75, 3.05) is 32.8 Å². The Morgan fingerprint density at radius 3 is 2.50 bits per heavy atom. The minimum Gasteiger partial charge on any atom is -0.497 e. The summed E-state index contributed by atoms with van der Waals surface area (Å²) in [6.07, 6.45) is 2.11. The van der Waals surface area contributed by atoms with Gasteiger partial charge in [0.15, 0.2) is 6.21 Å². The maximum atomic E-state index is 5.93. The summed E-state index contributed by atoms with van der Waals surface area (Å²) < 4.78 is 13.4. The van der Waals surface area contributed by atoms with E-state index in [0.29, 0.717) is 6.73 Å². The van der Waals surface area contributed by atoms with Crippen molar-refractivity contribution in [2.45, 2.75) is 6.92 Å². The first-order valence-electron chi connectivity index (χ1n) is 7.29. The van der Waals surface area contributed by atoms with E-state index >= 15 is 0 Å². The summed E-state index contributed by atoms with van der Waals surface area (Å²) in [7, 11) is 5.76. The second-order valence-corrected chi connectivity index (χ2v) is 5.65. The Balaban J connectivity index is 1.98. The third-order valence-corrected chi connectivity index (χ3v) is 3.85. The minimum atomic E-state index is 0.515. The van der Waals surface area contributed by atoms with Gasteiger partial charge in [-0.25, -0.2) is 0 Å². The Morgan fingerprint density at radius 1 is 1.14 bits per heavy atom. The molecule has 0 amide bonds. The minimum absolute atomic E-state index is 0.515. The lowest BCUT2D eigenvalue weighted by molar-refractivity contribution is -0.476. The monoisotopic (exact) mass is 297 g/mol. The van der Waals surface area contributed by atoms with E-state index < -0.39 is 0 Å².